The van der Waals surface area contributed by atoms with Crippen LogP contribution in [0.1, 0.15) is 30.6 Å². The highest BCUT2D eigenvalue weighted by molar-refractivity contribution is 9.11. The Morgan fingerprint density at radius 1 is 1.42 bits per heavy atom. The van der Waals surface area contributed by atoms with Crippen LogP contribution in [0.3, 0.4) is 0 Å². The second-order valence-electron chi connectivity index (χ2n) is 4.89. The van der Waals surface area contributed by atoms with E-state index in [9.17, 15) is 9.90 Å². The molecule has 0 aliphatic heterocycles. The summed E-state index contributed by atoms with van der Waals surface area (Å²) in [5.41, 5.74) is 0. The fourth-order valence-corrected chi connectivity index (χ4v) is 3.55. The molecule has 0 bridgehead atoms. The summed E-state index contributed by atoms with van der Waals surface area (Å²) in [5, 5.41) is 12.3. The van der Waals surface area contributed by atoms with E-state index >= 15 is 0 Å². The van der Waals surface area contributed by atoms with Gasteiger partial charge in [0.1, 0.15) is 0 Å². The summed E-state index contributed by atoms with van der Waals surface area (Å²) in [6.07, 6.45) is 7.00. The zero-order valence-corrected chi connectivity index (χ0v) is 13.0. The quantitative estimate of drug-likeness (QED) is 0.824. The number of aliphatic hydroxyl groups excluding tert-OH is 1. The number of hydrogen-bond acceptors (Lipinski definition) is 3. The summed E-state index contributed by atoms with van der Waals surface area (Å²) in [5.74, 6) is 0.465. The van der Waals surface area contributed by atoms with Crippen LogP contribution in [0, 0.1) is 5.92 Å². The third-order valence-corrected chi connectivity index (χ3v) is 4.96. The van der Waals surface area contributed by atoms with E-state index in [0.29, 0.717) is 12.5 Å². The van der Waals surface area contributed by atoms with Gasteiger partial charge in [-0.2, -0.15) is 0 Å². The van der Waals surface area contributed by atoms with E-state index in [0.717, 1.165) is 34.3 Å². The molecule has 3 nitrogen and oxygen atoms in total. The van der Waals surface area contributed by atoms with Crippen LogP contribution >= 0.6 is 27.3 Å². The smallest absolute Gasteiger partial charge is 0.244 e. The standard InChI is InChI=1S/C14H18BrNO2S/c15-13-7-5-12(19-13)6-8-14(18)16-9-10-1-3-11(17)4-2-10/h5-8,10-11,17H,1-4,9H2,(H,16,18)/b8-6+. The number of thiophene rings is 1. The minimum absolute atomic E-state index is 0.0457. The lowest BCUT2D eigenvalue weighted by atomic mass is 9.87. The van der Waals surface area contributed by atoms with Gasteiger partial charge in [-0.25, -0.2) is 0 Å². The van der Waals surface area contributed by atoms with Crippen LogP contribution in [0.4, 0.5) is 0 Å². The predicted molar refractivity (Wildman–Crippen MR) is 82.0 cm³/mol. The second-order valence-corrected chi connectivity index (χ2v) is 7.39. The van der Waals surface area contributed by atoms with Crippen molar-refractivity contribution in [1.82, 2.24) is 5.32 Å². The molecule has 1 fully saturated rings. The lowest BCUT2D eigenvalue weighted by Gasteiger charge is -2.25. The Morgan fingerprint density at radius 3 is 2.79 bits per heavy atom. The molecule has 1 heterocycles. The van der Waals surface area contributed by atoms with Crippen LogP contribution in [0.15, 0.2) is 22.0 Å². The zero-order chi connectivity index (χ0) is 13.7. The van der Waals surface area contributed by atoms with Crippen LogP contribution in [-0.2, 0) is 4.79 Å². The summed E-state index contributed by atoms with van der Waals surface area (Å²) in [7, 11) is 0. The third kappa shape index (κ3) is 5.09. The van der Waals surface area contributed by atoms with Gasteiger partial charge in [-0.3, -0.25) is 4.79 Å². The van der Waals surface area contributed by atoms with E-state index in [-0.39, 0.29) is 12.0 Å². The molecule has 2 rings (SSSR count). The highest BCUT2D eigenvalue weighted by atomic mass is 79.9. The Labute approximate surface area is 125 Å². The molecule has 1 saturated carbocycles. The minimum Gasteiger partial charge on any atom is -0.393 e. The van der Waals surface area contributed by atoms with Crippen molar-refractivity contribution >= 4 is 39.2 Å². The third-order valence-electron chi connectivity index (χ3n) is 3.37. The van der Waals surface area contributed by atoms with Crippen molar-refractivity contribution in [3.63, 3.8) is 0 Å². The van der Waals surface area contributed by atoms with Crippen LogP contribution in [0.2, 0.25) is 0 Å². The van der Waals surface area contributed by atoms with E-state index in [4.69, 9.17) is 0 Å². The molecule has 5 heteroatoms. The first-order chi connectivity index (χ1) is 9.13. The van der Waals surface area contributed by atoms with Gasteiger partial charge >= 0.3 is 0 Å². The first-order valence-electron chi connectivity index (χ1n) is 6.53. The number of amides is 1. The number of halogens is 1. The molecule has 0 spiro atoms. The Hall–Kier alpha value is -0.650. The molecule has 0 radical (unpaired) electrons. The van der Waals surface area contributed by atoms with Crippen molar-refractivity contribution < 1.29 is 9.90 Å². The normalized spacial score (nSPS) is 23.7. The van der Waals surface area contributed by atoms with E-state index in [1.165, 1.54) is 0 Å². The van der Waals surface area contributed by atoms with Gasteiger partial charge in [0.15, 0.2) is 0 Å². The average molecular weight is 344 g/mol. The molecule has 1 aromatic rings. The fourth-order valence-electron chi connectivity index (χ4n) is 2.23. The van der Waals surface area contributed by atoms with Crippen LogP contribution < -0.4 is 5.32 Å². The Balaban J connectivity index is 1.71. The lowest BCUT2D eigenvalue weighted by molar-refractivity contribution is -0.116. The van der Waals surface area contributed by atoms with Gasteiger partial charge in [-0.1, -0.05) is 0 Å². The van der Waals surface area contributed by atoms with Gasteiger partial charge in [0, 0.05) is 17.5 Å². The van der Waals surface area contributed by atoms with E-state index in [1.54, 1.807) is 17.4 Å². The number of aliphatic hydroxyl groups is 1. The maximum absolute atomic E-state index is 11.7. The van der Waals surface area contributed by atoms with Gasteiger partial charge in [0.05, 0.1) is 9.89 Å². The molecule has 0 atom stereocenters. The minimum atomic E-state index is -0.135. The first-order valence-corrected chi connectivity index (χ1v) is 8.14. The molecule has 1 amide bonds. The second kappa shape index (κ2) is 7.22. The van der Waals surface area contributed by atoms with Crippen LogP contribution in [0.5, 0.6) is 0 Å². The molecule has 0 unspecified atom stereocenters. The van der Waals surface area contributed by atoms with Crippen molar-refractivity contribution in [2.24, 2.45) is 5.92 Å². The molecule has 104 valence electrons. The topological polar surface area (TPSA) is 49.3 Å². The molecular formula is C14H18BrNO2S. The molecule has 0 saturated heterocycles. The van der Waals surface area contributed by atoms with Gasteiger partial charge in [-0.05, 0) is 65.7 Å². The molecule has 1 aliphatic carbocycles. The molecule has 19 heavy (non-hydrogen) atoms. The van der Waals surface area contributed by atoms with Crippen molar-refractivity contribution in [2.75, 3.05) is 6.54 Å². The van der Waals surface area contributed by atoms with Gasteiger partial charge < -0.3 is 10.4 Å². The van der Waals surface area contributed by atoms with Crippen LogP contribution in [-0.4, -0.2) is 23.7 Å². The van der Waals surface area contributed by atoms with Crippen molar-refractivity contribution in [3.8, 4) is 0 Å². The summed E-state index contributed by atoms with van der Waals surface area (Å²) in [6, 6.07) is 3.94. The highest BCUT2D eigenvalue weighted by Gasteiger charge is 2.19. The van der Waals surface area contributed by atoms with Gasteiger partial charge in [0.25, 0.3) is 0 Å². The highest BCUT2D eigenvalue weighted by Crippen LogP contribution is 2.24. The van der Waals surface area contributed by atoms with E-state index in [2.05, 4.69) is 21.2 Å². The fraction of sp³-hybridized carbons (Fsp3) is 0.500. The van der Waals surface area contributed by atoms with Crippen molar-refractivity contribution in [3.05, 3.63) is 26.9 Å². The number of hydrogen-bond donors (Lipinski definition) is 2. The summed E-state index contributed by atoms with van der Waals surface area (Å²) < 4.78 is 1.06. The van der Waals surface area contributed by atoms with E-state index < -0.39 is 0 Å². The molecular weight excluding hydrogens is 326 g/mol. The monoisotopic (exact) mass is 343 g/mol. The number of carbonyl (C=O) groups is 1. The Morgan fingerprint density at radius 2 is 2.16 bits per heavy atom. The van der Waals surface area contributed by atoms with Gasteiger partial charge in [0.2, 0.25) is 5.91 Å². The summed E-state index contributed by atoms with van der Waals surface area (Å²) in [6.45, 7) is 0.712. The lowest BCUT2D eigenvalue weighted by Crippen LogP contribution is -2.31. The Bertz CT molecular complexity index is 450. The first kappa shape index (κ1) is 14.8. The Kier molecular flexibility index (Phi) is 5.60. The van der Waals surface area contributed by atoms with E-state index in [1.807, 2.05) is 18.2 Å². The zero-order valence-electron chi connectivity index (χ0n) is 10.6. The molecule has 1 aromatic heterocycles. The van der Waals surface area contributed by atoms with Crippen LogP contribution in [0.25, 0.3) is 6.08 Å². The number of rotatable bonds is 4. The average Bonchev–Trinajstić information content (AvgIpc) is 2.81. The molecule has 0 aromatic carbocycles. The predicted octanol–water partition coefficient (Wildman–Crippen LogP) is 3.19. The SMILES string of the molecule is O=C(/C=C/c1ccc(Br)s1)NCC1CCC(O)CC1. The largest absolute Gasteiger partial charge is 0.393 e. The maximum atomic E-state index is 11.7. The number of nitrogens with one attached hydrogen (secondary N) is 1. The maximum Gasteiger partial charge on any atom is 0.244 e. The van der Waals surface area contributed by atoms with Gasteiger partial charge in [-0.15, -0.1) is 11.3 Å². The molecule has 1 aliphatic rings. The summed E-state index contributed by atoms with van der Waals surface area (Å²) >= 11 is 4.99. The number of carbonyl (C=O) groups excluding carboxylic acids is 1. The van der Waals surface area contributed by atoms with Crippen molar-refractivity contribution in [1.29, 1.82) is 0 Å². The summed E-state index contributed by atoms with van der Waals surface area (Å²) in [4.78, 5) is 12.7. The van der Waals surface area contributed by atoms with Crippen molar-refractivity contribution in [2.45, 2.75) is 31.8 Å². The molecule has 2 N–H and O–H groups in total.